The van der Waals surface area contributed by atoms with Crippen LogP contribution in [0.5, 0.6) is 0 Å². The number of nitrogens with zero attached hydrogens (tertiary/aromatic N) is 4. The summed E-state index contributed by atoms with van der Waals surface area (Å²) < 4.78 is 2.50. The van der Waals surface area contributed by atoms with Crippen LogP contribution in [0.3, 0.4) is 0 Å². The van der Waals surface area contributed by atoms with Crippen LogP contribution in [-0.4, -0.2) is 19.9 Å². The van der Waals surface area contributed by atoms with Crippen LogP contribution in [0.4, 0.5) is 0 Å². The van der Waals surface area contributed by atoms with E-state index in [1.54, 1.807) is 0 Å². The van der Waals surface area contributed by atoms with Gasteiger partial charge in [0.2, 0.25) is 0 Å². The molecule has 0 aliphatic carbocycles. The van der Waals surface area contributed by atoms with Gasteiger partial charge < -0.3 is 0 Å². The summed E-state index contributed by atoms with van der Waals surface area (Å²) in [4.78, 5) is 20.3. The Morgan fingerprint density at radius 1 is 0.230 bits per heavy atom. The van der Waals surface area contributed by atoms with Crippen molar-refractivity contribution in [3.05, 3.63) is 218 Å². The number of hydrogen-bond donors (Lipinski definition) is 0. The Bertz CT molecular complexity index is 3230. The van der Waals surface area contributed by atoms with E-state index in [0.29, 0.717) is 11.6 Å². The Morgan fingerprint density at radius 2 is 0.590 bits per heavy atom. The number of fused-ring (bicyclic) bond motifs is 3. The minimum Gasteiger partial charge on any atom is -0.228 e. The van der Waals surface area contributed by atoms with Gasteiger partial charge in [0, 0.05) is 53.6 Å². The molecular formula is C56H36N4S. The Morgan fingerprint density at radius 3 is 1.03 bits per heavy atom. The molecule has 11 rings (SSSR count). The first kappa shape index (κ1) is 36.2. The first-order chi connectivity index (χ1) is 30.2. The highest BCUT2D eigenvalue weighted by Crippen LogP contribution is 2.40. The third kappa shape index (κ3) is 7.28. The third-order valence-corrected chi connectivity index (χ3v) is 12.2. The quantitative estimate of drug-likeness (QED) is 0.154. The number of benzene rings is 8. The summed E-state index contributed by atoms with van der Waals surface area (Å²) in [5, 5.41) is 2.49. The van der Waals surface area contributed by atoms with Crippen molar-refractivity contribution in [2.75, 3.05) is 0 Å². The largest absolute Gasteiger partial charge is 0.228 e. The van der Waals surface area contributed by atoms with Gasteiger partial charge in [-0.15, -0.1) is 11.3 Å². The maximum Gasteiger partial charge on any atom is 0.160 e. The molecule has 286 valence electrons. The van der Waals surface area contributed by atoms with Gasteiger partial charge >= 0.3 is 0 Å². The van der Waals surface area contributed by atoms with Crippen LogP contribution < -0.4 is 0 Å². The topological polar surface area (TPSA) is 51.6 Å². The van der Waals surface area contributed by atoms with Gasteiger partial charge in [0.1, 0.15) is 0 Å². The van der Waals surface area contributed by atoms with E-state index in [2.05, 4.69) is 146 Å². The second-order valence-corrected chi connectivity index (χ2v) is 16.2. The molecule has 0 N–H and O–H groups in total. The first-order valence-corrected chi connectivity index (χ1v) is 21.2. The molecule has 0 spiro atoms. The van der Waals surface area contributed by atoms with E-state index in [4.69, 9.17) is 19.9 Å². The molecule has 0 radical (unpaired) electrons. The summed E-state index contributed by atoms with van der Waals surface area (Å²) >= 11 is 1.83. The number of hydrogen-bond acceptors (Lipinski definition) is 5. The van der Waals surface area contributed by atoms with E-state index in [1.165, 1.54) is 20.2 Å². The highest BCUT2D eigenvalue weighted by atomic mass is 32.1. The van der Waals surface area contributed by atoms with Gasteiger partial charge in [0.25, 0.3) is 0 Å². The van der Waals surface area contributed by atoms with Crippen molar-refractivity contribution in [1.29, 1.82) is 0 Å². The Balaban J connectivity index is 0.934. The monoisotopic (exact) mass is 796 g/mol. The Hall–Kier alpha value is -7.86. The molecule has 0 aliphatic rings. The second kappa shape index (κ2) is 15.7. The summed E-state index contributed by atoms with van der Waals surface area (Å²) in [6.07, 6.45) is 0. The molecule has 11 aromatic rings. The molecule has 0 atom stereocenters. The maximum absolute atomic E-state index is 5.09. The van der Waals surface area contributed by atoms with E-state index in [9.17, 15) is 0 Å². The summed E-state index contributed by atoms with van der Waals surface area (Å²) in [5.74, 6) is 1.40. The van der Waals surface area contributed by atoms with Crippen molar-refractivity contribution in [1.82, 2.24) is 19.9 Å². The fourth-order valence-electron chi connectivity index (χ4n) is 7.99. The van der Waals surface area contributed by atoms with Crippen molar-refractivity contribution < 1.29 is 0 Å². The lowest BCUT2D eigenvalue weighted by molar-refractivity contribution is 1.18. The average Bonchev–Trinajstić information content (AvgIpc) is 3.72. The number of thiophene rings is 1. The predicted octanol–water partition coefficient (Wildman–Crippen LogP) is 15.0. The molecule has 4 nitrogen and oxygen atoms in total. The summed E-state index contributed by atoms with van der Waals surface area (Å²) in [7, 11) is 0. The fraction of sp³-hybridized carbons (Fsp3) is 0. The van der Waals surface area contributed by atoms with Crippen LogP contribution in [0.2, 0.25) is 0 Å². The van der Waals surface area contributed by atoms with Crippen LogP contribution in [0, 0.1) is 0 Å². The summed E-state index contributed by atoms with van der Waals surface area (Å²) in [6.45, 7) is 0. The fourth-order valence-corrected chi connectivity index (χ4v) is 9.12. The van der Waals surface area contributed by atoms with Gasteiger partial charge in [0.15, 0.2) is 11.6 Å². The number of aromatic nitrogens is 4. The zero-order valence-corrected chi connectivity index (χ0v) is 33.8. The highest BCUT2D eigenvalue weighted by Gasteiger charge is 2.15. The molecule has 0 amide bonds. The van der Waals surface area contributed by atoms with E-state index in [1.807, 2.05) is 84.1 Å². The molecule has 0 unspecified atom stereocenters. The molecule has 3 aromatic heterocycles. The van der Waals surface area contributed by atoms with E-state index < -0.39 is 0 Å². The molecule has 3 heterocycles. The van der Waals surface area contributed by atoms with Crippen LogP contribution in [0.15, 0.2) is 218 Å². The lowest BCUT2D eigenvalue weighted by Crippen LogP contribution is -1.96. The van der Waals surface area contributed by atoms with Gasteiger partial charge in [-0.2, -0.15) is 0 Å². The highest BCUT2D eigenvalue weighted by molar-refractivity contribution is 7.25. The van der Waals surface area contributed by atoms with E-state index in [0.717, 1.165) is 78.4 Å². The Kier molecular flexibility index (Phi) is 9.34. The zero-order valence-electron chi connectivity index (χ0n) is 33.0. The van der Waals surface area contributed by atoms with Crippen molar-refractivity contribution in [3.8, 4) is 90.1 Å². The van der Waals surface area contributed by atoms with Crippen molar-refractivity contribution in [2.24, 2.45) is 0 Å². The van der Waals surface area contributed by atoms with E-state index in [-0.39, 0.29) is 0 Å². The molecule has 5 heteroatoms. The molecule has 61 heavy (non-hydrogen) atoms. The third-order valence-electron chi connectivity index (χ3n) is 11.1. The van der Waals surface area contributed by atoms with Crippen LogP contribution >= 0.6 is 11.3 Å². The molecule has 0 bridgehead atoms. The lowest BCUT2D eigenvalue weighted by Gasteiger charge is -2.11. The lowest BCUT2D eigenvalue weighted by atomic mass is 9.99. The molecule has 0 saturated carbocycles. The average molecular weight is 797 g/mol. The van der Waals surface area contributed by atoms with Gasteiger partial charge in [-0.25, -0.2) is 19.9 Å². The standard InChI is InChI=1S/C56H36N4S/c1-5-15-37(16-6-1)49-35-50(38-17-7-2-8-18-38)58-55(57-49)45-25-13-23-41(31-45)43-28-30-53-48(33-43)47-29-27-44(34-54(47)61-53)42-24-14-26-46(32-42)56-59-51(39-19-9-3-10-20-39)36-52(60-56)40-21-11-4-12-22-40/h1-36H. The zero-order chi connectivity index (χ0) is 40.5. The first-order valence-electron chi connectivity index (χ1n) is 20.4. The summed E-state index contributed by atoms with van der Waals surface area (Å²) in [6, 6.07) is 76.2. The maximum atomic E-state index is 5.09. The summed E-state index contributed by atoms with van der Waals surface area (Å²) in [5.41, 5.74) is 14.3. The van der Waals surface area contributed by atoms with Crippen LogP contribution in [0.25, 0.3) is 110 Å². The minimum absolute atomic E-state index is 0.702. The minimum atomic E-state index is 0.702. The van der Waals surface area contributed by atoms with Crippen molar-refractivity contribution in [3.63, 3.8) is 0 Å². The van der Waals surface area contributed by atoms with Crippen LogP contribution in [-0.2, 0) is 0 Å². The molecule has 0 fully saturated rings. The van der Waals surface area contributed by atoms with Gasteiger partial charge in [-0.1, -0.05) is 176 Å². The van der Waals surface area contributed by atoms with Crippen LogP contribution in [0.1, 0.15) is 0 Å². The van der Waals surface area contributed by atoms with Crippen molar-refractivity contribution in [2.45, 2.75) is 0 Å². The van der Waals surface area contributed by atoms with Gasteiger partial charge in [-0.05, 0) is 64.7 Å². The SMILES string of the molecule is c1ccc(-c2cc(-c3ccccc3)nc(-c3cccc(-c4ccc5c(c4)sc4ccc(-c6cccc(-c7nc(-c8ccccc8)cc(-c8ccccc8)n7)c6)cc45)c3)n2)cc1. The van der Waals surface area contributed by atoms with E-state index >= 15 is 0 Å². The molecular weight excluding hydrogens is 761 g/mol. The second-order valence-electron chi connectivity index (χ2n) is 15.1. The van der Waals surface area contributed by atoms with Gasteiger partial charge in [-0.3, -0.25) is 0 Å². The number of rotatable bonds is 8. The normalized spacial score (nSPS) is 11.3. The van der Waals surface area contributed by atoms with Crippen molar-refractivity contribution >= 4 is 31.5 Å². The predicted molar refractivity (Wildman–Crippen MR) is 254 cm³/mol. The molecule has 0 aliphatic heterocycles. The Labute approximate surface area is 358 Å². The molecule has 0 saturated heterocycles. The van der Waals surface area contributed by atoms with Gasteiger partial charge in [0.05, 0.1) is 22.8 Å². The molecule has 8 aromatic carbocycles. The smallest absolute Gasteiger partial charge is 0.160 e.